The molecule has 16 heavy (non-hydrogen) atoms. The van der Waals surface area contributed by atoms with Gasteiger partial charge in [0.25, 0.3) is 0 Å². The lowest BCUT2D eigenvalue weighted by atomic mass is 10.1. The Morgan fingerprint density at radius 2 is 2.50 bits per heavy atom. The van der Waals surface area contributed by atoms with E-state index in [4.69, 9.17) is 5.73 Å². The molecule has 0 amide bonds. The normalized spacial score (nSPS) is 23.5. The monoisotopic (exact) mass is 219 g/mol. The van der Waals surface area contributed by atoms with Crippen molar-refractivity contribution in [3.8, 4) is 0 Å². The molecule has 1 aromatic heterocycles. The third-order valence-electron chi connectivity index (χ3n) is 3.51. The standard InChI is InChI=1S/C13H21N3/c1-11(6-7-14)16-9-3-5-13(16)12-4-2-8-15-10-12/h2,4,8,10-11,13H,3,5-7,9,14H2,1H3. The Bertz CT molecular complexity index is 312. The van der Waals surface area contributed by atoms with Crippen LogP contribution >= 0.6 is 0 Å². The van der Waals surface area contributed by atoms with Crippen molar-refractivity contribution in [3.63, 3.8) is 0 Å². The summed E-state index contributed by atoms with van der Waals surface area (Å²) in [6.45, 7) is 4.25. The molecule has 0 aromatic carbocycles. The molecule has 1 aliphatic heterocycles. The summed E-state index contributed by atoms with van der Waals surface area (Å²) in [7, 11) is 0. The molecule has 3 heteroatoms. The van der Waals surface area contributed by atoms with Gasteiger partial charge in [-0.1, -0.05) is 6.07 Å². The molecule has 2 unspecified atom stereocenters. The van der Waals surface area contributed by atoms with Crippen LogP contribution in [-0.4, -0.2) is 29.0 Å². The van der Waals surface area contributed by atoms with Crippen molar-refractivity contribution in [2.45, 2.75) is 38.3 Å². The minimum absolute atomic E-state index is 0.551. The van der Waals surface area contributed by atoms with Gasteiger partial charge in [0.15, 0.2) is 0 Å². The summed E-state index contributed by atoms with van der Waals surface area (Å²) in [5.74, 6) is 0. The van der Waals surface area contributed by atoms with Crippen LogP contribution in [0.4, 0.5) is 0 Å². The average Bonchev–Trinajstić information content (AvgIpc) is 2.79. The van der Waals surface area contributed by atoms with Gasteiger partial charge in [0.1, 0.15) is 0 Å². The number of aromatic nitrogens is 1. The van der Waals surface area contributed by atoms with Crippen LogP contribution in [0.1, 0.15) is 37.8 Å². The van der Waals surface area contributed by atoms with E-state index >= 15 is 0 Å². The molecule has 1 aliphatic rings. The first-order valence-corrected chi connectivity index (χ1v) is 6.18. The highest BCUT2D eigenvalue weighted by atomic mass is 15.2. The maximum atomic E-state index is 5.64. The van der Waals surface area contributed by atoms with E-state index in [1.807, 2.05) is 18.5 Å². The Balaban J connectivity index is 2.09. The number of rotatable bonds is 4. The first kappa shape index (κ1) is 11.6. The number of pyridine rings is 1. The van der Waals surface area contributed by atoms with Crippen molar-refractivity contribution in [3.05, 3.63) is 30.1 Å². The van der Waals surface area contributed by atoms with Gasteiger partial charge in [0.05, 0.1) is 0 Å². The molecule has 2 N–H and O–H groups in total. The van der Waals surface area contributed by atoms with Crippen LogP contribution in [0.3, 0.4) is 0 Å². The molecule has 1 saturated heterocycles. The lowest BCUT2D eigenvalue weighted by Gasteiger charge is -2.30. The van der Waals surface area contributed by atoms with Crippen LogP contribution in [0.2, 0.25) is 0 Å². The minimum Gasteiger partial charge on any atom is -0.330 e. The number of likely N-dealkylation sites (tertiary alicyclic amines) is 1. The third-order valence-corrected chi connectivity index (χ3v) is 3.51. The molecular weight excluding hydrogens is 198 g/mol. The van der Waals surface area contributed by atoms with Crippen molar-refractivity contribution in [1.82, 2.24) is 9.88 Å². The van der Waals surface area contributed by atoms with Gasteiger partial charge in [-0.15, -0.1) is 0 Å². The van der Waals surface area contributed by atoms with Gasteiger partial charge >= 0.3 is 0 Å². The fourth-order valence-corrected chi connectivity index (χ4v) is 2.65. The van der Waals surface area contributed by atoms with E-state index in [-0.39, 0.29) is 0 Å². The summed E-state index contributed by atoms with van der Waals surface area (Å²) in [5.41, 5.74) is 6.99. The Labute approximate surface area is 97.7 Å². The van der Waals surface area contributed by atoms with Gasteiger partial charge < -0.3 is 5.73 Å². The van der Waals surface area contributed by atoms with E-state index in [2.05, 4.69) is 22.9 Å². The SMILES string of the molecule is CC(CCN)N1CCCC1c1cccnc1. The van der Waals surface area contributed by atoms with Gasteiger partial charge in [-0.05, 0) is 50.9 Å². The smallest absolute Gasteiger partial charge is 0.0366 e. The van der Waals surface area contributed by atoms with E-state index < -0.39 is 0 Å². The molecule has 0 spiro atoms. The van der Waals surface area contributed by atoms with E-state index in [1.165, 1.54) is 24.9 Å². The maximum absolute atomic E-state index is 5.64. The molecule has 2 atom stereocenters. The topological polar surface area (TPSA) is 42.1 Å². The van der Waals surface area contributed by atoms with Crippen molar-refractivity contribution in [1.29, 1.82) is 0 Å². The van der Waals surface area contributed by atoms with E-state index in [1.54, 1.807) is 0 Å². The van der Waals surface area contributed by atoms with E-state index in [9.17, 15) is 0 Å². The third kappa shape index (κ3) is 2.42. The maximum Gasteiger partial charge on any atom is 0.0366 e. The zero-order valence-corrected chi connectivity index (χ0v) is 9.97. The number of hydrogen-bond acceptors (Lipinski definition) is 3. The van der Waals surface area contributed by atoms with Crippen molar-refractivity contribution >= 4 is 0 Å². The molecule has 0 bridgehead atoms. The molecule has 0 radical (unpaired) electrons. The largest absolute Gasteiger partial charge is 0.330 e. The van der Waals surface area contributed by atoms with E-state index in [0.29, 0.717) is 12.1 Å². The molecule has 0 saturated carbocycles. The minimum atomic E-state index is 0.551. The van der Waals surface area contributed by atoms with Crippen molar-refractivity contribution in [2.24, 2.45) is 5.73 Å². The number of hydrogen-bond donors (Lipinski definition) is 1. The lowest BCUT2D eigenvalue weighted by molar-refractivity contribution is 0.185. The average molecular weight is 219 g/mol. The van der Waals surface area contributed by atoms with E-state index in [0.717, 1.165) is 13.0 Å². The Kier molecular flexibility index (Phi) is 3.91. The summed E-state index contributed by atoms with van der Waals surface area (Å²) in [6.07, 6.45) is 7.45. The van der Waals surface area contributed by atoms with Gasteiger partial charge in [0.2, 0.25) is 0 Å². The predicted octanol–water partition coefficient (Wildman–Crippen LogP) is 1.96. The summed E-state index contributed by atoms with van der Waals surface area (Å²) < 4.78 is 0. The van der Waals surface area contributed by atoms with Crippen LogP contribution in [-0.2, 0) is 0 Å². The van der Waals surface area contributed by atoms with Crippen molar-refractivity contribution in [2.75, 3.05) is 13.1 Å². The van der Waals surface area contributed by atoms with Gasteiger partial charge in [-0.2, -0.15) is 0 Å². The summed E-state index contributed by atoms with van der Waals surface area (Å²) in [5, 5.41) is 0. The Morgan fingerprint density at radius 3 is 3.19 bits per heavy atom. The Morgan fingerprint density at radius 1 is 1.62 bits per heavy atom. The lowest BCUT2D eigenvalue weighted by Crippen LogP contribution is -2.34. The van der Waals surface area contributed by atoms with Gasteiger partial charge in [-0.3, -0.25) is 9.88 Å². The first-order chi connectivity index (χ1) is 7.83. The summed E-state index contributed by atoms with van der Waals surface area (Å²) >= 11 is 0. The molecule has 2 rings (SSSR count). The zero-order valence-electron chi connectivity index (χ0n) is 9.97. The fourth-order valence-electron chi connectivity index (χ4n) is 2.65. The van der Waals surface area contributed by atoms with Crippen LogP contribution < -0.4 is 5.73 Å². The number of nitrogens with two attached hydrogens (primary N) is 1. The molecule has 1 aromatic rings. The second-order valence-electron chi connectivity index (χ2n) is 4.61. The molecule has 1 fully saturated rings. The fraction of sp³-hybridized carbons (Fsp3) is 0.615. The zero-order chi connectivity index (χ0) is 11.4. The second kappa shape index (κ2) is 5.41. The highest BCUT2D eigenvalue weighted by Crippen LogP contribution is 2.33. The van der Waals surface area contributed by atoms with Crippen LogP contribution in [0, 0.1) is 0 Å². The highest BCUT2D eigenvalue weighted by Gasteiger charge is 2.29. The van der Waals surface area contributed by atoms with Crippen LogP contribution in [0.5, 0.6) is 0 Å². The van der Waals surface area contributed by atoms with Gasteiger partial charge in [0, 0.05) is 24.5 Å². The molecular formula is C13H21N3. The second-order valence-corrected chi connectivity index (χ2v) is 4.61. The summed E-state index contributed by atoms with van der Waals surface area (Å²) in [4.78, 5) is 6.79. The molecule has 2 heterocycles. The van der Waals surface area contributed by atoms with Gasteiger partial charge in [-0.25, -0.2) is 0 Å². The molecule has 3 nitrogen and oxygen atoms in total. The summed E-state index contributed by atoms with van der Waals surface area (Å²) in [6, 6.07) is 5.35. The van der Waals surface area contributed by atoms with Crippen molar-refractivity contribution < 1.29 is 0 Å². The quantitative estimate of drug-likeness (QED) is 0.841. The highest BCUT2D eigenvalue weighted by molar-refractivity contribution is 5.15. The van der Waals surface area contributed by atoms with Crippen LogP contribution in [0.25, 0.3) is 0 Å². The first-order valence-electron chi connectivity index (χ1n) is 6.18. The van der Waals surface area contributed by atoms with Crippen LogP contribution in [0.15, 0.2) is 24.5 Å². The molecule has 88 valence electrons. The number of nitrogens with zero attached hydrogens (tertiary/aromatic N) is 2. The Hall–Kier alpha value is -0.930. The predicted molar refractivity (Wildman–Crippen MR) is 66.1 cm³/mol. The molecule has 0 aliphatic carbocycles.